The van der Waals surface area contributed by atoms with E-state index in [0.717, 1.165) is 40.5 Å². The van der Waals surface area contributed by atoms with Crippen LogP contribution in [-0.4, -0.2) is 19.1 Å². The Morgan fingerprint density at radius 3 is 2.67 bits per heavy atom. The van der Waals surface area contributed by atoms with Gasteiger partial charge in [0.05, 0.1) is 17.9 Å². The van der Waals surface area contributed by atoms with Gasteiger partial charge in [0.1, 0.15) is 11.3 Å². The minimum Gasteiger partial charge on any atom is -0.493 e. The van der Waals surface area contributed by atoms with Crippen LogP contribution in [0.4, 0.5) is 0 Å². The van der Waals surface area contributed by atoms with Crippen LogP contribution in [0.3, 0.4) is 0 Å². The second-order valence-electron chi connectivity index (χ2n) is 7.02. The Labute approximate surface area is 186 Å². The van der Waals surface area contributed by atoms with Gasteiger partial charge in [0.15, 0.2) is 0 Å². The molecule has 0 atom stereocenters. The van der Waals surface area contributed by atoms with Gasteiger partial charge >= 0.3 is 0 Å². The van der Waals surface area contributed by atoms with Crippen molar-refractivity contribution >= 4 is 45.7 Å². The average molecular weight is 446 g/mol. The molecule has 2 aromatic carbocycles. The maximum Gasteiger partial charge on any atom is 0.244 e. The molecule has 0 radical (unpaired) electrons. The smallest absolute Gasteiger partial charge is 0.244 e. The molecule has 0 aliphatic rings. The molecule has 30 heavy (non-hydrogen) atoms. The highest BCUT2D eigenvalue weighted by Gasteiger charge is 2.16. The SMILES string of the molecule is CCCCNC(=O)/C=C(\C)c1cc2c(-c3ccc(Cl)cc3Cl)coc2cc1OCC. The third kappa shape index (κ3) is 5.00. The van der Waals surface area contributed by atoms with Crippen molar-refractivity contribution in [3.63, 3.8) is 0 Å². The number of fused-ring (bicyclic) bond motifs is 1. The lowest BCUT2D eigenvalue weighted by molar-refractivity contribution is -0.116. The number of amides is 1. The van der Waals surface area contributed by atoms with Gasteiger partial charge in [0.2, 0.25) is 5.91 Å². The molecule has 4 nitrogen and oxygen atoms in total. The molecule has 0 bridgehead atoms. The third-order valence-corrected chi connectivity index (χ3v) is 5.35. The second kappa shape index (κ2) is 10.1. The summed E-state index contributed by atoms with van der Waals surface area (Å²) in [6.45, 7) is 7.08. The van der Waals surface area contributed by atoms with E-state index in [1.54, 1.807) is 24.5 Å². The first-order chi connectivity index (χ1) is 14.4. The van der Waals surface area contributed by atoms with E-state index in [0.29, 0.717) is 34.5 Å². The Kier molecular flexibility index (Phi) is 7.46. The van der Waals surface area contributed by atoms with Gasteiger partial charge in [-0.25, -0.2) is 0 Å². The number of rotatable bonds is 8. The molecule has 158 valence electrons. The van der Waals surface area contributed by atoms with E-state index in [-0.39, 0.29) is 5.91 Å². The van der Waals surface area contributed by atoms with Gasteiger partial charge in [0.25, 0.3) is 0 Å². The van der Waals surface area contributed by atoms with Crippen molar-refractivity contribution < 1.29 is 13.9 Å². The van der Waals surface area contributed by atoms with E-state index in [4.69, 9.17) is 32.4 Å². The molecule has 0 aliphatic carbocycles. The molecular formula is C24H25Cl2NO3. The fourth-order valence-electron chi connectivity index (χ4n) is 3.27. The Morgan fingerprint density at radius 1 is 1.17 bits per heavy atom. The zero-order chi connectivity index (χ0) is 21.7. The highest BCUT2D eigenvalue weighted by atomic mass is 35.5. The number of unbranched alkanes of at least 4 members (excludes halogenated alkanes) is 1. The van der Waals surface area contributed by atoms with Crippen molar-refractivity contribution in [2.24, 2.45) is 0 Å². The lowest BCUT2D eigenvalue weighted by atomic mass is 9.99. The lowest BCUT2D eigenvalue weighted by Crippen LogP contribution is -2.22. The first-order valence-electron chi connectivity index (χ1n) is 10.0. The molecule has 0 spiro atoms. The Bertz CT molecular complexity index is 1090. The zero-order valence-corrected chi connectivity index (χ0v) is 18.9. The highest BCUT2D eigenvalue weighted by molar-refractivity contribution is 6.36. The van der Waals surface area contributed by atoms with Crippen molar-refractivity contribution in [1.29, 1.82) is 0 Å². The molecule has 0 aliphatic heterocycles. The van der Waals surface area contributed by atoms with E-state index in [9.17, 15) is 4.79 Å². The number of allylic oxidation sites excluding steroid dienone is 1. The van der Waals surface area contributed by atoms with Crippen molar-refractivity contribution in [3.05, 3.63) is 58.3 Å². The van der Waals surface area contributed by atoms with Gasteiger partial charge in [-0.15, -0.1) is 0 Å². The molecule has 0 saturated carbocycles. The van der Waals surface area contributed by atoms with Gasteiger partial charge in [-0.2, -0.15) is 0 Å². The first kappa shape index (κ1) is 22.3. The van der Waals surface area contributed by atoms with E-state index >= 15 is 0 Å². The predicted molar refractivity (Wildman–Crippen MR) is 124 cm³/mol. The van der Waals surface area contributed by atoms with Crippen LogP contribution in [0.1, 0.15) is 39.2 Å². The summed E-state index contributed by atoms with van der Waals surface area (Å²) in [4.78, 5) is 12.3. The molecule has 6 heteroatoms. The van der Waals surface area contributed by atoms with Crippen LogP contribution in [-0.2, 0) is 4.79 Å². The molecule has 0 unspecified atom stereocenters. The van der Waals surface area contributed by atoms with Crippen LogP contribution in [0.2, 0.25) is 10.0 Å². The summed E-state index contributed by atoms with van der Waals surface area (Å²) in [7, 11) is 0. The monoisotopic (exact) mass is 445 g/mol. The molecule has 0 fully saturated rings. The number of hydrogen-bond acceptors (Lipinski definition) is 3. The van der Waals surface area contributed by atoms with E-state index in [1.165, 1.54) is 0 Å². The molecule has 1 amide bonds. The van der Waals surface area contributed by atoms with Crippen LogP contribution in [0.5, 0.6) is 5.75 Å². The summed E-state index contributed by atoms with van der Waals surface area (Å²) < 4.78 is 11.6. The summed E-state index contributed by atoms with van der Waals surface area (Å²) >= 11 is 12.5. The van der Waals surface area contributed by atoms with Crippen LogP contribution in [0.25, 0.3) is 27.7 Å². The molecule has 0 saturated heterocycles. The number of carbonyl (C=O) groups is 1. The van der Waals surface area contributed by atoms with Crippen LogP contribution in [0.15, 0.2) is 47.1 Å². The van der Waals surface area contributed by atoms with E-state index in [1.807, 2.05) is 32.0 Å². The first-order valence-corrected chi connectivity index (χ1v) is 10.8. The number of halogens is 2. The van der Waals surface area contributed by atoms with Gasteiger partial charge in [-0.1, -0.05) is 42.6 Å². The standard InChI is InChI=1S/C24H25Cl2NO3/c1-4-6-9-27-24(28)10-15(3)18-12-19-20(17-8-7-16(25)11-21(17)26)14-30-23(19)13-22(18)29-5-2/h7-8,10-14H,4-6,9H2,1-3H3,(H,27,28)/b15-10+. The predicted octanol–water partition coefficient (Wildman–Crippen LogP) is 7.12. The van der Waals surface area contributed by atoms with E-state index < -0.39 is 0 Å². The molecule has 1 heterocycles. The summed E-state index contributed by atoms with van der Waals surface area (Å²) in [6.07, 6.45) is 5.27. The van der Waals surface area contributed by atoms with Crippen molar-refractivity contribution in [1.82, 2.24) is 5.32 Å². The van der Waals surface area contributed by atoms with Crippen LogP contribution >= 0.6 is 23.2 Å². The van der Waals surface area contributed by atoms with Crippen molar-refractivity contribution in [2.75, 3.05) is 13.2 Å². The number of nitrogens with one attached hydrogen (secondary N) is 1. The van der Waals surface area contributed by atoms with Gasteiger partial charge in [-0.05, 0) is 44.0 Å². The third-order valence-electron chi connectivity index (χ3n) is 4.80. The number of carbonyl (C=O) groups excluding carboxylic acids is 1. The minimum absolute atomic E-state index is 0.114. The summed E-state index contributed by atoms with van der Waals surface area (Å²) in [5.41, 5.74) is 4.01. The molecular weight excluding hydrogens is 421 g/mol. The highest BCUT2D eigenvalue weighted by Crippen LogP contribution is 2.40. The van der Waals surface area contributed by atoms with E-state index in [2.05, 4.69) is 12.2 Å². The quantitative estimate of drug-likeness (QED) is 0.296. The van der Waals surface area contributed by atoms with Crippen LogP contribution < -0.4 is 10.1 Å². The van der Waals surface area contributed by atoms with Gasteiger partial charge in [-0.3, -0.25) is 4.79 Å². The Hall–Kier alpha value is -2.43. The zero-order valence-electron chi connectivity index (χ0n) is 17.4. The van der Waals surface area contributed by atoms with Crippen molar-refractivity contribution in [3.8, 4) is 16.9 Å². The summed E-state index contributed by atoms with van der Waals surface area (Å²) in [6, 6.07) is 9.21. The summed E-state index contributed by atoms with van der Waals surface area (Å²) in [5, 5.41) is 4.92. The molecule has 1 aromatic heterocycles. The average Bonchev–Trinajstić information content (AvgIpc) is 3.10. The maximum absolute atomic E-state index is 12.3. The molecule has 3 aromatic rings. The Balaban J connectivity index is 2.06. The number of benzene rings is 2. The minimum atomic E-state index is -0.114. The normalized spacial score (nSPS) is 11.7. The van der Waals surface area contributed by atoms with Crippen molar-refractivity contribution in [2.45, 2.75) is 33.6 Å². The Morgan fingerprint density at radius 2 is 1.97 bits per heavy atom. The lowest BCUT2D eigenvalue weighted by Gasteiger charge is -2.12. The topological polar surface area (TPSA) is 51.5 Å². The fourth-order valence-corrected chi connectivity index (χ4v) is 3.78. The van der Waals surface area contributed by atoms with Gasteiger partial charge < -0.3 is 14.5 Å². The fraction of sp³-hybridized carbons (Fsp3) is 0.292. The number of furan rings is 1. The number of ether oxygens (including phenoxy) is 1. The number of hydrogen-bond donors (Lipinski definition) is 1. The summed E-state index contributed by atoms with van der Waals surface area (Å²) in [5.74, 6) is 0.555. The van der Waals surface area contributed by atoms with Crippen LogP contribution in [0, 0.1) is 0 Å². The maximum atomic E-state index is 12.3. The van der Waals surface area contributed by atoms with Gasteiger partial charge in [0, 0.05) is 45.8 Å². The second-order valence-corrected chi connectivity index (χ2v) is 7.87. The molecule has 3 rings (SSSR count). The largest absolute Gasteiger partial charge is 0.493 e. The molecule has 1 N–H and O–H groups in total.